The minimum atomic E-state index is -1.07. The van der Waals surface area contributed by atoms with Gasteiger partial charge in [-0.15, -0.1) is 0 Å². The molecule has 7 heteroatoms. The third-order valence-corrected chi connectivity index (χ3v) is 3.26. The predicted molar refractivity (Wildman–Crippen MR) is 82.5 cm³/mol. The first-order chi connectivity index (χ1) is 9.20. The van der Waals surface area contributed by atoms with Crippen LogP contribution in [0.4, 0.5) is 0 Å². The first-order valence-electron chi connectivity index (χ1n) is 6.76. The van der Waals surface area contributed by atoms with E-state index >= 15 is 0 Å². The fourth-order valence-corrected chi connectivity index (χ4v) is 1.86. The topological polar surface area (TPSA) is 104 Å². The first-order valence-corrected chi connectivity index (χ1v) is 6.76. The molecule has 0 amide bonds. The number of esters is 2. The number of aliphatic hydroxyl groups excluding tert-OH is 1. The molecule has 1 rings (SSSR count). The normalized spacial score (nSPS) is 17.1. The molecule has 23 heavy (non-hydrogen) atoms. The van der Waals surface area contributed by atoms with Crippen LogP contribution in [-0.4, -0.2) is 29.6 Å². The SMILES string of the molecule is C.C.CC(C)C(CCO)C(=O)[O-].CC(C)C1CC(=O)OC1=O.[Na+]. The molecule has 1 fully saturated rings. The summed E-state index contributed by atoms with van der Waals surface area (Å²) in [7, 11) is 0. The number of hydrogen-bond acceptors (Lipinski definition) is 6. The van der Waals surface area contributed by atoms with Crippen molar-refractivity contribution in [2.24, 2.45) is 23.7 Å². The van der Waals surface area contributed by atoms with Gasteiger partial charge in [-0.2, -0.15) is 0 Å². The summed E-state index contributed by atoms with van der Waals surface area (Å²) in [6.45, 7) is 7.33. The molecule has 2 unspecified atom stereocenters. The van der Waals surface area contributed by atoms with E-state index in [9.17, 15) is 19.5 Å². The number of carboxylic acid groups (broad SMARTS) is 1. The van der Waals surface area contributed by atoms with Gasteiger partial charge in [-0.25, -0.2) is 0 Å². The van der Waals surface area contributed by atoms with Gasteiger partial charge in [0.15, 0.2) is 0 Å². The Kier molecular flexibility index (Phi) is 20.0. The molecule has 1 N–H and O–H groups in total. The Morgan fingerprint density at radius 1 is 1.26 bits per heavy atom. The van der Waals surface area contributed by atoms with E-state index in [1.165, 1.54) is 0 Å². The predicted octanol–water partition coefficient (Wildman–Crippen LogP) is -1.60. The van der Waals surface area contributed by atoms with E-state index in [2.05, 4.69) is 4.74 Å². The van der Waals surface area contributed by atoms with Crippen LogP contribution in [0.25, 0.3) is 0 Å². The number of hydrogen-bond donors (Lipinski definition) is 1. The second kappa shape index (κ2) is 15.1. The van der Waals surface area contributed by atoms with Crippen molar-refractivity contribution in [2.75, 3.05) is 6.61 Å². The Balaban J connectivity index is -0.000000139. The van der Waals surface area contributed by atoms with E-state index in [4.69, 9.17) is 5.11 Å². The summed E-state index contributed by atoms with van der Waals surface area (Å²) in [6, 6.07) is 0. The molecule has 0 spiro atoms. The summed E-state index contributed by atoms with van der Waals surface area (Å²) in [4.78, 5) is 31.6. The number of aliphatic hydroxyl groups is 1. The largest absolute Gasteiger partial charge is 1.00 e. The number of rotatable bonds is 5. The van der Waals surface area contributed by atoms with Crippen molar-refractivity contribution in [1.29, 1.82) is 0 Å². The van der Waals surface area contributed by atoms with Crippen LogP contribution in [0.1, 0.15) is 55.4 Å². The van der Waals surface area contributed by atoms with Crippen LogP contribution < -0.4 is 34.7 Å². The van der Waals surface area contributed by atoms with E-state index in [0.717, 1.165) is 0 Å². The average molecular weight is 342 g/mol. The Labute approximate surface area is 162 Å². The van der Waals surface area contributed by atoms with Crippen LogP contribution >= 0.6 is 0 Å². The summed E-state index contributed by atoms with van der Waals surface area (Å²) >= 11 is 0. The molecular formula is C16H31NaO6. The van der Waals surface area contributed by atoms with Gasteiger partial charge in [-0.05, 0) is 18.3 Å². The van der Waals surface area contributed by atoms with Gasteiger partial charge in [0, 0.05) is 18.5 Å². The Morgan fingerprint density at radius 2 is 1.74 bits per heavy atom. The zero-order chi connectivity index (χ0) is 15.9. The molecule has 0 bridgehead atoms. The maximum atomic E-state index is 10.8. The Hall–Kier alpha value is -0.430. The van der Waals surface area contributed by atoms with Gasteiger partial charge in [0.2, 0.25) is 0 Å². The van der Waals surface area contributed by atoms with Crippen LogP contribution in [0, 0.1) is 23.7 Å². The fourth-order valence-electron chi connectivity index (χ4n) is 1.86. The number of carbonyl (C=O) groups excluding carboxylic acids is 3. The second-order valence-corrected chi connectivity index (χ2v) is 5.53. The summed E-state index contributed by atoms with van der Waals surface area (Å²) in [5.41, 5.74) is 0. The van der Waals surface area contributed by atoms with Crippen LogP contribution in [0.3, 0.4) is 0 Å². The molecule has 0 aromatic heterocycles. The summed E-state index contributed by atoms with van der Waals surface area (Å²) in [5.74, 6) is -2.28. The van der Waals surface area contributed by atoms with Crippen molar-refractivity contribution in [1.82, 2.24) is 0 Å². The van der Waals surface area contributed by atoms with E-state index < -0.39 is 11.9 Å². The van der Waals surface area contributed by atoms with Crippen molar-refractivity contribution < 1.29 is 58.9 Å². The number of aliphatic carboxylic acids is 1. The fraction of sp³-hybridized carbons (Fsp3) is 0.812. The molecule has 0 radical (unpaired) electrons. The maximum absolute atomic E-state index is 10.8. The van der Waals surface area contributed by atoms with Crippen LogP contribution in [-0.2, 0) is 19.1 Å². The standard InChI is InChI=1S/C7H10O3.C7H14O3.2CH4.Na/c1-4(2)5-3-6(8)10-7(5)9;1-5(2)6(3-4-8)7(9)10;;;/h4-5H,3H2,1-2H3;5-6,8H,3-4H2,1-2H3,(H,9,10);2*1H4;/q;;;;+1/p-1. The maximum Gasteiger partial charge on any atom is 1.00 e. The van der Waals surface area contributed by atoms with Crippen molar-refractivity contribution in [3.05, 3.63) is 0 Å². The molecule has 1 heterocycles. The van der Waals surface area contributed by atoms with E-state index in [1.807, 2.05) is 13.8 Å². The molecule has 0 saturated carbocycles. The quantitative estimate of drug-likeness (QED) is 0.367. The van der Waals surface area contributed by atoms with Gasteiger partial charge < -0.3 is 19.7 Å². The van der Waals surface area contributed by atoms with Gasteiger partial charge in [-0.3, -0.25) is 9.59 Å². The smallest absolute Gasteiger partial charge is 0.550 e. The van der Waals surface area contributed by atoms with E-state index in [-0.39, 0.29) is 87.1 Å². The van der Waals surface area contributed by atoms with Crippen LogP contribution in [0.2, 0.25) is 0 Å². The minimum Gasteiger partial charge on any atom is -0.550 e. The third-order valence-electron chi connectivity index (χ3n) is 3.26. The van der Waals surface area contributed by atoms with Crippen molar-refractivity contribution in [2.45, 2.75) is 55.4 Å². The average Bonchev–Trinajstić information content (AvgIpc) is 2.65. The van der Waals surface area contributed by atoms with Crippen molar-refractivity contribution in [3.63, 3.8) is 0 Å². The van der Waals surface area contributed by atoms with Gasteiger partial charge in [0.1, 0.15) is 0 Å². The Morgan fingerprint density at radius 3 is 1.87 bits per heavy atom. The summed E-state index contributed by atoms with van der Waals surface area (Å²) < 4.78 is 4.36. The molecule has 0 aromatic rings. The minimum absolute atomic E-state index is 0. The molecule has 0 aromatic carbocycles. The molecule has 1 saturated heterocycles. The molecule has 132 valence electrons. The molecular weight excluding hydrogens is 311 g/mol. The third kappa shape index (κ3) is 11.7. The first kappa shape index (κ1) is 30.5. The molecule has 1 aliphatic heterocycles. The summed E-state index contributed by atoms with van der Waals surface area (Å²) in [5, 5.41) is 18.8. The van der Waals surface area contributed by atoms with Gasteiger partial charge in [0.25, 0.3) is 0 Å². The van der Waals surface area contributed by atoms with E-state index in [0.29, 0.717) is 6.42 Å². The number of ether oxygens (including phenoxy) is 1. The molecule has 6 nitrogen and oxygen atoms in total. The number of cyclic esters (lactones) is 2. The molecule has 0 aliphatic carbocycles. The second-order valence-electron chi connectivity index (χ2n) is 5.53. The van der Waals surface area contributed by atoms with Gasteiger partial charge >= 0.3 is 41.5 Å². The zero-order valence-corrected chi connectivity index (χ0v) is 15.4. The number of carbonyl (C=O) groups is 3. The molecule has 2 atom stereocenters. The van der Waals surface area contributed by atoms with Crippen LogP contribution in [0.5, 0.6) is 0 Å². The van der Waals surface area contributed by atoms with Crippen molar-refractivity contribution >= 4 is 17.9 Å². The van der Waals surface area contributed by atoms with Gasteiger partial charge in [0.05, 0.1) is 12.3 Å². The van der Waals surface area contributed by atoms with Crippen molar-refractivity contribution in [3.8, 4) is 0 Å². The Bertz CT molecular complexity index is 354. The summed E-state index contributed by atoms with van der Waals surface area (Å²) in [6.07, 6.45) is 0.552. The van der Waals surface area contributed by atoms with E-state index in [1.54, 1.807) is 13.8 Å². The number of carboxylic acids is 1. The van der Waals surface area contributed by atoms with Crippen LogP contribution in [0.15, 0.2) is 0 Å². The monoisotopic (exact) mass is 342 g/mol. The molecule has 1 aliphatic rings. The zero-order valence-electron chi connectivity index (χ0n) is 13.4. The van der Waals surface area contributed by atoms with Gasteiger partial charge in [-0.1, -0.05) is 42.5 Å².